The molecule has 0 atom stereocenters. The van der Waals surface area contributed by atoms with E-state index in [4.69, 9.17) is 9.31 Å². The number of rotatable bonds is 2. The normalized spacial score (nSPS) is 21.3. The second-order valence-electron chi connectivity index (χ2n) is 6.60. The molecule has 0 radical (unpaired) electrons. The molecule has 0 unspecified atom stereocenters. The second kappa shape index (κ2) is 5.42. The summed E-state index contributed by atoms with van der Waals surface area (Å²) in [6.07, 6.45) is -2.54. The molecular weight excluding hydrogens is 292 g/mol. The van der Waals surface area contributed by atoms with Crippen LogP contribution in [0.1, 0.15) is 45.7 Å². The lowest BCUT2D eigenvalue weighted by Gasteiger charge is -2.32. The van der Waals surface area contributed by atoms with Gasteiger partial charge in [0.25, 0.3) is 0 Å². The van der Waals surface area contributed by atoms with E-state index in [1.54, 1.807) is 6.08 Å². The number of alkyl halides is 3. The maximum atomic E-state index is 12.5. The largest absolute Gasteiger partial charge is 0.490 e. The fourth-order valence-corrected chi connectivity index (χ4v) is 2.13. The first-order valence-electron chi connectivity index (χ1n) is 7.13. The molecular formula is C16H20BF3O2. The van der Waals surface area contributed by atoms with Crippen LogP contribution >= 0.6 is 0 Å². The lowest BCUT2D eigenvalue weighted by molar-refractivity contribution is -0.137. The minimum atomic E-state index is -4.32. The van der Waals surface area contributed by atoms with Gasteiger partial charge in [0.05, 0.1) is 16.8 Å². The van der Waals surface area contributed by atoms with E-state index in [2.05, 4.69) is 0 Å². The standard InChI is InChI=1S/C16H20BF3O2/c1-11(17-21-14(2,3)15(4,5)22-17)10-12-6-8-13(9-7-12)16(18,19)20/h6-10H,1-5H3. The van der Waals surface area contributed by atoms with Crippen LogP contribution in [0.5, 0.6) is 0 Å². The number of benzene rings is 1. The molecule has 2 rings (SSSR count). The van der Waals surface area contributed by atoms with Crippen LogP contribution in [-0.2, 0) is 15.5 Å². The van der Waals surface area contributed by atoms with Gasteiger partial charge in [-0.15, -0.1) is 0 Å². The first-order chi connectivity index (χ1) is 9.92. The molecule has 0 saturated carbocycles. The van der Waals surface area contributed by atoms with Gasteiger partial charge in [0.2, 0.25) is 0 Å². The molecule has 1 aliphatic heterocycles. The Kier molecular flexibility index (Phi) is 4.21. The predicted molar refractivity (Wildman–Crippen MR) is 81.2 cm³/mol. The van der Waals surface area contributed by atoms with Crippen LogP contribution in [0.4, 0.5) is 13.2 Å². The Hall–Kier alpha value is -1.27. The fraction of sp³-hybridized carbons (Fsp3) is 0.500. The van der Waals surface area contributed by atoms with Gasteiger partial charge in [0.1, 0.15) is 0 Å². The highest BCUT2D eigenvalue weighted by Gasteiger charge is 2.51. The van der Waals surface area contributed by atoms with E-state index in [1.165, 1.54) is 12.1 Å². The molecule has 0 spiro atoms. The monoisotopic (exact) mass is 312 g/mol. The average Bonchev–Trinajstić information content (AvgIpc) is 2.58. The quantitative estimate of drug-likeness (QED) is 0.734. The Bertz CT molecular complexity index is 558. The molecule has 0 N–H and O–H groups in total. The van der Waals surface area contributed by atoms with Crippen molar-refractivity contribution >= 4 is 13.2 Å². The highest BCUT2D eigenvalue weighted by Crippen LogP contribution is 2.38. The van der Waals surface area contributed by atoms with Crippen LogP contribution < -0.4 is 0 Å². The molecule has 22 heavy (non-hydrogen) atoms. The predicted octanol–water partition coefficient (Wildman–Crippen LogP) is 4.74. The van der Waals surface area contributed by atoms with E-state index >= 15 is 0 Å². The summed E-state index contributed by atoms with van der Waals surface area (Å²) < 4.78 is 49.4. The molecule has 2 nitrogen and oxygen atoms in total. The zero-order valence-electron chi connectivity index (χ0n) is 13.4. The molecule has 1 aromatic rings. The third-order valence-electron chi connectivity index (χ3n) is 4.26. The van der Waals surface area contributed by atoms with E-state index in [0.717, 1.165) is 17.6 Å². The van der Waals surface area contributed by atoms with Crippen molar-refractivity contribution in [3.8, 4) is 0 Å². The molecule has 120 valence electrons. The van der Waals surface area contributed by atoms with E-state index in [9.17, 15) is 13.2 Å². The van der Waals surface area contributed by atoms with Crippen molar-refractivity contribution in [3.63, 3.8) is 0 Å². The molecule has 0 aliphatic carbocycles. The minimum absolute atomic E-state index is 0.438. The smallest absolute Gasteiger partial charge is 0.400 e. The van der Waals surface area contributed by atoms with Crippen LogP contribution in [0.25, 0.3) is 6.08 Å². The molecule has 0 amide bonds. The summed E-state index contributed by atoms with van der Waals surface area (Å²) in [6, 6.07) is 5.03. The van der Waals surface area contributed by atoms with E-state index in [0.29, 0.717) is 5.56 Å². The van der Waals surface area contributed by atoms with Gasteiger partial charge in [-0.25, -0.2) is 0 Å². The summed E-state index contributed by atoms with van der Waals surface area (Å²) in [5.41, 5.74) is -0.0311. The van der Waals surface area contributed by atoms with Gasteiger partial charge < -0.3 is 9.31 Å². The number of hydrogen-bond acceptors (Lipinski definition) is 2. The van der Waals surface area contributed by atoms with Crippen molar-refractivity contribution < 1.29 is 22.5 Å². The first-order valence-corrected chi connectivity index (χ1v) is 7.13. The van der Waals surface area contributed by atoms with Crippen LogP contribution in [0, 0.1) is 0 Å². The molecule has 0 aromatic heterocycles. The Morgan fingerprint density at radius 1 is 1.00 bits per heavy atom. The fourth-order valence-electron chi connectivity index (χ4n) is 2.13. The van der Waals surface area contributed by atoms with Gasteiger partial charge in [-0.05, 0) is 57.8 Å². The van der Waals surface area contributed by atoms with Crippen molar-refractivity contribution in [2.24, 2.45) is 0 Å². The van der Waals surface area contributed by atoms with E-state index in [-0.39, 0.29) is 0 Å². The highest BCUT2D eigenvalue weighted by molar-refractivity contribution is 6.55. The summed E-state index contributed by atoms with van der Waals surface area (Å²) in [5.74, 6) is 0. The SMILES string of the molecule is CC(=Cc1ccc(C(F)(F)F)cc1)B1OC(C)(C)C(C)(C)O1. The van der Waals surface area contributed by atoms with Crippen LogP contribution in [0.3, 0.4) is 0 Å². The van der Waals surface area contributed by atoms with E-state index in [1.807, 2.05) is 34.6 Å². The lowest BCUT2D eigenvalue weighted by atomic mass is 9.78. The topological polar surface area (TPSA) is 18.5 Å². The van der Waals surface area contributed by atoms with Crippen molar-refractivity contribution in [3.05, 3.63) is 40.9 Å². The van der Waals surface area contributed by atoms with Gasteiger partial charge in [0.15, 0.2) is 0 Å². The second-order valence-corrected chi connectivity index (χ2v) is 6.60. The third kappa shape index (κ3) is 3.38. The molecule has 0 bridgehead atoms. The minimum Gasteiger partial charge on any atom is -0.400 e. The Balaban J connectivity index is 2.17. The zero-order chi connectivity index (χ0) is 16.8. The maximum Gasteiger partial charge on any atom is 0.490 e. The first kappa shape index (κ1) is 17.1. The maximum absolute atomic E-state index is 12.5. The number of allylic oxidation sites excluding steroid dienone is 1. The summed E-state index contributed by atoms with van der Waals surface area (Å²) >= 11 is 0. The van der Waals surface area contributed by atoms with E-state index < -0.39 is 30.1 Å². The molecule has 1 saturated heterocycles. The molecule has 1 aromatic carbocycles. The Morgan fingerprint density at radius 3 is 1.86 bits per heavy atom. The van der Waals surface area contributed by atoms with Crippen LogP contribution in [0.15, 0.2) is 29.7 Å². The van der Waals surface area contributed by atoms with Crippen LogP contribution in [-0.4, -0.2) is 18.3 Å². The van der Waals surface area contributed by atoms with Crippen molar-refractivity contribution in [1.82, 2.24) is 0 Å². The molecule has 6 heteroatoms. The van der Waals surface area contributed by atoms with Gasteiger partial charge in [-0.2, -0.15) is 13.2 Å². The molecule has 1 aliphatic rings. The number of halogens is 3. The van der Waals surface area contributed by atoms with Gasteiger partial charge in [0, 0.05) is 0 Å². The highest BCUT2D eigenvalue weighted by atomic mass is 19.4. The average molecular weight is 312 g/mol. The van der Waals surface area contributed by atoms with Crippen molar-refractivity contribution in [2.45, 2.75) is 52.0 Å². The van der Waals surface area contributed by atoms with Gasteiger partial charge in [-0.3, -0.25) is 0 Å². The number of hydrogen-bond donors (Lipinski definition) is 0. The Labute approximate surface area is 129 Å². The summed E-state index contributed by atoms with van der Waals surface area (Å²) in [6.45, 7) is 9.67. The van der Waals surface area contributed by atoms with Crippen molar-refractivity contribution in [2.75, 3.05) is 0 Å². The Morgan fingerprint density at radius 2 is 1.45 bits per heavy atom. The lowest BCUT2D eigenvalue weighted by Crippen LogP contribution is -2.41. The van der Waals surface area contributed by atoms with Gasteiger partial charge in [-0.1, -0.05) is 18.2 Å². The molecule has 1 heterocycles. The summed E-state index contributed by atoms with van der Waals surface area (Å²) in [4.78, 5) is 0. The van der Waals surface area contributed by atoms with Gasteiger partial charge >= 0.3 is 13.3 Å². The van der Waals surface area contributed by atoms with Crippen LogP contribution in [0.2, 0.25) is 0 Å². The third-order valence-corrected chi connectivity index (χ3v) is 4.26. The molecule has 1 fully saturated rings. The van der Waals surface area contributed by atoms with Crippen molar-refractivity contribution in [1.29, 1.82) is 0 Å². The zero-order valence-corrected chi connectivity index (χ0v) is 13.4. The summed E-state index contributed by atoms with van der Waals surface area (Å²) in [5, 5.41) is 0. The summed E-state index contributed by atoms with van der Waals surface area (Å²) in [7, 11) is -0.493.